The van der Waals surface area contributed by atoms with Gasteiger partial charge in [-0.25, -0.2) is 4.79 Å². The minimum Gasteiger partial charge on any atom is -0.450 e. The minimum atomic E-state index is -0.359. The molecule has 0 aliphatic carbocycles. The Morgan fingerprint density at radius 3 is 2.85 bits per heavy atom. The molecule has 1 saturated heterocycles. The summed E-state index contributed by atoms with van der Waals surface area (Å²) in [5.41, 5.74) is 5.62. The molecule has 6 heteroatoms. The number of rotatable bonds is 7. The highest BCUT2D eigenvalue weighted by Crippen LogP contribution is 2.22. The molecule has 1 fully saturated rings. The summed E-state index contributed by atoms with van der Waals surface area (Å²) in [5, 5.41) is 12.7. The van der Waals surface area contributed by atoms with Gasteiger partial charge in [-0.15, -0.1) is 0 Å². The number of nitrogens with two attached hydrogens (primary N) is 1. The van der Waals surface area contributed by atoms with Crippen LogP contribution in [0.1, 0.15) is 33.1 Å². The third-order valence-electron chi connectivity index (χ3n) is 3.73. The van der Waals surface area contributed by atoms with Crippen LogP contribution in [0, 0.1) is 5.92 Å². The topological polar surface area (TPSA) is 87.8 Å². The summed E-state index contributed by atoms with van der Waals surface area (Å²) < 4.78 is 4.93. The fraction of sp³-hybridized carbons (Fsp3) is 0.929. The Bertz CT molecular complexity index is 289. The van der Waals surface area contributed by atoms with Gasteiger partial charge >= 0.3 is 6.09 Å². The van der Waals surface area contributed by atoms with Crippen LogP contribution in [0.15, 0.2) is 0 Å². The van der Waals surface area contributed by atoms with Crippen molar-refractivity contribution in [3.05, 3.63) is 0 Å². The zero-order chi connectivity index (χ0) is 15.0. The summed E-state index contributed by atoms with van der Waals surface area (Å²) in [4.78, 5) is 13.8. The molecule has 0 saturated carbocycles. The van der Waals surface area contributed by atoms with E-state index >= 15 is 0 Å². The lowest BCUT2D eigenvalue weighted by atomic mass is 9.89. The van der Waals surface area contributed by atoms with E-state index in [0.29, 0.717) is 19.1 Å². The first-order valence-electron chi connectivity index (χ1n) is 7.62. The molecular formula is C14H29N3O3. The minimum absolute atomic E-state index is 0.0726. The number of aliphatic hydroxyl groups is 1. The van der Waals surface area contributed by atoms with Crippen LogP contribution in [0.3, 0.4) is 0 Å². The lowest BCUT2D eigenvalue weighted by Gasteiger charge is -2.38. The number of ether oxygens (including phenoxy) is 1. The number of nitrogens with one attached hydrogen (secondary N) is 1. The Balaban J connectivity index is 2.53. The van der Waals surface area contributed by atoms with Crippen LogP contribution in [-0.4, -0.2) is 61.0 Å². The van der Waals surface area contributed by atoms with E-state index in [0.717, 1.165) is 38.9 Å². The van der Waals surface area contributed by atoms with Crippen LogP contribution in [-0.2, 0) is 4.74 Å². The van der Waals surface area contributed by atoms with Crippen LogP contribution >= 0.6 is 0 Å². The maximum absolute atomic E-state index is 11.5. The number of aliphatic hydroxyl groups excluding tert-OH is 1. The Kier molecular flexibility index (Phi) is 7.87. The van der Waals surface area contributed by atoms with Crippen LogP contribution in [0.4, 0.5) is 4.79 Å². The highest BCUT2D eigenvalue weighted by atomic mass is 16.5. The van der Waals surface area contributed by atoms with Gasteiger partial charge in [0, 0.05) is 32.2 Å². The molecule has 118 valence electrons. The van der Waals surface area contributed by atoms with Crippen molar-refractivity contribution >= 4 is 6.09 Å². The second-order valence-electron chi connectivity index (χ2n) is 5.51. The van der Waals surface area contributed by atoms with E-state index in [9.17, 15) is 9.90 Å². The average molecular weight is 287 g/mol. The van der Waals surface area contributed by atoms with Crippen LogP contribution in [0.2, 0.25) is 0 Å². The first kappa shape index (κ1) is 17.2. The maximum atomic E-state index is 11.5. The number of piperidine rings is 1. The van der Waals surface area contributed by atoms with Gasteiger partial charge in [0.1, 0.15) is 0 Å². The van der Waals surface area contributed by atoms with Crippen LogP contribution in [0.25, 0.3) is 0 Å². The molecule has 1 amide bonds. The van der Waals surface area contributed by atoms with E-state index in [-0.39, 0.29) is 18.2 Å². The van der Waals surface area contributed by atoms with E-state index in [4.69, 9.17) is 10.5 Å². The Hall–Kier alpha value is -0.850. The zero-order valence-electron chi connectivity index (χ0n) is 12.7. The Labute approximate surface area is 121 Å². The number of amides is 1. The molecule has 0 spiro atoms. The number of alkyl carbamates (subject to hydrolysis) is 1. The van der Waals surface area contributed by atoms with Gasteiger partial charge in [0.05, 0.1) is 12.7 Å². The van der Waals surface area contributed by atoms with Gasteiger partial charge in [0.2, 0.25) is 0 Å². The highest BCUT2D eigenvalue weighted by Gasteiger charge is 2.29. The molecule has 1 heterocycles. The molecule has 1 aliphatic rings. The molecule has 20 heavy (non-hydrogen) atoms. The molecule has 0 aromatic heterocycles. The lowest BCUT2D eigenvalue weighted by Crippen LogP contribution is -2.52. The van der Waals surface area contributed by atoms with Gasteiger partial charge in [-0.05, 0) is 32.1 Å². The largest absolute Gasteiger partial charge is 0.450 e. The molecule has 0 bridgehead atoms. The number of hydrogen-bond acceptors (Lipinski definition) is 5. The first-order valence-corrected chi connectivity index (χ1v) is 7.62. The van der Waals surface area contributed by atoms with Crippen molar-refractivity contribution in [3.63, 3.8) is 0 Å². The summed E-state index contributed by atoms with van der Waals surface area (Å²) in [6, 6.07) is 0.0726. The van der Waals surface area contributed by atoms with Crippen LogP contribution in [0.5, 0.6) is 0 Å². The van der Waals surface area contributed by atoms with E-state index in [2.05, 4.69) is 10.2 Å². The van der Waals surface area contributed by atoms with E-state index in [1.807, 2.05) is 6.92 Å². The van der Waals surface area contributed by atoms with E-state index in [1.54, 1.807) is 6.92 Å². The monoisotopic (exact) mass is 287 g/mol. The third-order valence-corrected chi connectivity index (χ3v) is 3.73. The van der Waals surface area contributed by atoms with Crippen molar-refractivity contribution in [1.29, 1.82) is 0 Å². The quantitative estimate of drug-likeness (QED) is 0.636. The van der Waals surface area contributed by atoms with Gasteiger partial charge in [-0.2, -0.15) is 0 Å². The number of carbonyl (C=O) groups excluding carboxylic acids is 1. The van der Waals surface area contributed by atoms with Crippen molar-refractivity contribution < 1.29 is 14.6 Å². The Morgan fingerprint density at radius 1 is 1.50 bits per heavy atom. The Morgan fingerprint density at radius 2 is 2.25 bits per heavy atom. The fourth-order valence-electron chi connectivity index (χ4n) is 2.83. The van der Waals surface area contributed by atoms with Gasteiger partial charge in [-0.3, -0.25) is 4.90 Å². The van der Waals surface area contributed by atoms with Crippen LogP contribution < -0.4 is 11.1 Å². The molecule has 0 aromatic carbocycles. The fourth-order valence-corrected chi connectivity index (χ4v) is 2.83. The number of hydrogen-bond donors (Lipinski definition) is 3. The summed E-state index contributed by atoms with van der Waals surface area (Å²) in [6.07, 6.45) is 1.81. The van der Waals surface area contributed by atoms with Crippen molar-refractivity contribution in [2.75, 3.05) is 32.8 Å². The third kappa shape index (κ3) is 6.07. The normalized spacial score (nSPS) is 25.2. The first-order chi connectivity index (χ1) is 9.58. The smallest absolute Gasteiger partial charge is 0.407 e. The van der Waals surface area contributed by atoms with E-state index < -0.39 is 0 Å². The zero-order valence-corrected chi connectivity index (χ0v) is 12.7. The molecular weight excluding hydrogens is 258 g/mol. The maximum Gasteiger partial charge on any atom is 0.407 e. The molecule has 0 radical (unpaired) electrons. The molecule has 0 aromatic rings. The van der Waals surface area contributed by atoms with Gasteiger partial charge in [-0.1, -0.05) is 6.92 Å². The summed E-state index contributed by atoms with van der Waals surface area (Å²) in [7, 11) is 0. The van der Waals surface area contributed by atoms with Crippen molar-refractivity contribution in [2.24, 2.45) is 11.7 Å². The predicted molar refractivity (Wildman–Crippen MR) is 78.5 cm³/mol. The second-order valence-corrected chi connectivity index (χ2v) is 5.51. The summed E-state index contributed by atoms with van der Waals surface area (Å²) >= 11 is 0. The highest BCUT2D eigenvalue weighted by molar-refractivity contribution is 5.67. The van der Waals surface area contributed by atoms with Gasteiger partial charge in [0.15, 0.2) is 0 Å². The van der Waals surface area contributed by atoms with Crippen molar-refractivity contribution in [3.8, 4) is 0 Å². The van der Waals surface area contributed by atoms with E-state index in [1.165, 1.54) is 0 Å². The number of likely N-dealkylation sites (tertiary alicyclic amines) is 1. The molecule has 1 rings (SSSR count). The molecule has 6 nitrogen and oxygen atoms in total. The van der Waals surface area contributed by atoms with Gasteiger partial charge < -0.3 is 20.9 Å². The number of carbonyl (C=O) groups is 1. The summed E-state index contributed by atoms with van der Waals surface area (Å²) in [5.74, 6) is 0.386. The van der Waals surface area contributed by atoms with Crippen molar-refractivity contribution in [2.45, 2.75) is 45.3 Å². The summed E-state index contributed by atoms with van der Waals surface area (Å²) in [6.45, 7) is 7.32. The van der Waals surface area contributed by atoms with Crippen molar-refractivity contribution in [1.82, 2.24) is 10.2 Å². The molecule has 3 unspecified atom stereocenters. The second kappa shape index (κ2) is 9.15. The van der Waals surface area contributed by atoms with Gasteiger partial charge in [0.25, 0.3) is 0 Å². The molecule has 4 N–H and O–H groups in total. The number of nitrogens with zero attached hydrogens (tertiary/aromatic N) is 1. The molecule has 1 aliphatic heterocycles. The average Bonchev–Trinajstić information content (AvgIpc) is 2.38. The standard InChI is InChI=1S/C14H29N3O3/c1-3-13(18)8-11-7-12(16-14(19)20-4-2)10-17(9-11)6-5-15/h11-13,18H,3-10,15H2,1-2H3,(H,16,19). The SMILES string of the molecule is CCOC(=O)NC1CC(CC(O)CC)CN(CCN)C1. The predicted octanol–water partition coefficient (Wildman–Crippen LogP) is 0.543. The molecule has 3 atom stereocenters. The lowest BCUT2D eigenvalue weighted by molar-refractivity contribution is 0.0813.